The molecule has 0 radical (unpaired) electrons. The second-order valence-electron chi connectivity index (χ2n) is 9.48. The van der Waals surface area contributed by atoms with Gasteiger partial charge in [0, 0.05) is 18.5 Å². The van der Waals surface area contributed by atoms with Crippen LogP contribution in [0.15, 0.2) is 52.9 Å². The summed E-state index contributed by atoms with van der Waals surface area (Å²) in [4.78, 5) is 19.0. The number of benzene rings is 2. The van der Waals surface area contributed by atoms with E-state index in [2.05, 4.69) is 9.88 Å². The number of piperidine rings is 1. The first-order valence-electron chi connectivity index (χ1n) is 12.3. The molecule has 0 bridgehead atoms. The molecule has 1 aliphatic heterocycles. The zero-order valence-corrected chi connectivity index (χ0v) is 21.2. The van der Waals surface area contributed by atoms with Gasteiger partial charge in [0.25, 0.3) is 0 Å². The van der Waals surface area contributed by atoms with Crippen LogP contribution in [0.5, 0.6) is 5.75 Å². The molecule has 9 heteroatoms. The van der Waals surface area contributed by atoms with Crippen molar-refractivity contribution < 1.29 is 31.9 Å². The summed E-state index contributed by atoms with van der Waals surface area (Å²) in [5.41, 5.74) is 0.927. The molecule has 1 aliphatic rings. The number of hydrogen-bond donors (Lipinski definition) is 0. The predicted molar refractivity (Wildman–Crippen MR) is 132 cm³/mol. The number of nitrogens with zero attached hydrogens (tertiary/aromatic N) is 2. The van der Waals surface area contributed by atoms with Gasteiger partial charge in [0.2, 0.25) is 5.89 Å². The first kappa shape index (κ1) is 26.7. The molecule has 198 valence electrons. The molecule has 1 saturated heterocycles. The van der Waals surface area contributed by atoms with E-state index in [-0.39, 0.29) is 11.9 Å². The maximum absolute atomic E-state index is 12.8. The number of ether oxygens (including phenoxy) is 2. The molecule has 1 fully saturated rings. The molecule has 1 aromatic heterocycles. The van der Waals surface area contributed by atoms with Crippen molar-refractivity contribution >= 4 is 5.97 Å². The summed E-state index contributed by atoms with van der Waals surface area (Å²) in [6.07, 6.45) is -1.06. The van der Waals surface area contributed by atoms with E-state index < -0.39 is 17.3 Å². The monoisotopic (exact) mass is 516 g/mol. The highest BCUT2D eigenvalue weighted by atomic mass is 19.4. The van der Waals surface area contributed by atoms with Gasteiger partial charge < -0.3 is 13.9 Å². The minimum atomic E-state index is -4.39. The Balaban J connectivity index is 1.32. The van der Waals surface area contributed by atoms with Crippen LogP contribution in [0.3, 0.4) is 0 Å². The molecule has 2 heterocycles. The van der Waals surface area contributed by atoms with Gasteiger partial charge >= 0.3 is 12.1 Å². The van der Waals surface area contributed by atoms with E-state index in [4.69, 9.17) is 13.9 Å². The summed E-state index contributed by atoms with van der Waals surface area (Å²) >= 11 is 0. The molecule has 1 atom stereocenters. The Kier molecular flexibility index (Phi) is 7.92. The maximum atomic E-state index is 12.8. The van der Waals surface area contributed by atoms with Crippen LogP contribution in [-0.4, -0.2) is 41.7 Å². The summed E-state index contributed by atoms with van der Waals surface area (Å²) in [5.74, 6) is 1.39. The number of halogens is 3. The van der Waals surface area contributed by atoms with Crippen LogP contribution in [-0.2, 0) is 28.7 Å². The Morgan fingerprint density at radius 2 is 1.81 bits per heavy atom. The maximum Gasteiger partial charge on any atom is 0.416 e. The lowest BCUT2D eigenvalue weighted by Crippen LogP contribution is -2.55. The van der Waals surface area contributed by atoms with Crippen LogP contribution in [0, 0.1) is 6.92 Å². The molecule has 37 heavy (non-hydrogen) atoms. The second kappa shape index (κ2) is 11.0. The molecule has 0 aliphatic carbocycles. The zero-order chi connectivity index (χ0) is 26.6. The third-order valence-corrected chi connectivity index (χ3v) is 6.92. The van der Waals surface area contributed by atoms with Crippen LogP contribution >= 0.6 is 0 Å². The first-order valence-corrected chi connectivity index (χ1v) is 12.3. The Morgan fingerprint density at radius 3 is 2.46 bits per heavy atom. The molecule has 3 aromatic rings. The largest absolute Gasteiger partial charge is 0.493 e. The highest BCUT2D eigenvalue weighted by molar-refractivity contribution is 5.80. The quantitative estimate of drug-likeness (QED) is 0.332. The van der Waals surface area contributed by atoms with E-state index in [1.54, 1.807) is 6.92 Å². The Labute approximate surface area is 214 Å². The van der Waals surface area contributed by atoms with Crippen LogP contribution < -0.4 is 4.74 Å². The zero-order valence-electron chi connectivity index (χ0n) is 21.2. The van der Waals surface area contributed by atoms with Gasteiger partial charge in [-0.2, -0.15) is 13.2 Å². The van der Waals surface area contributed by atoms with Crippen LogP contribution in [0.25, 0.3) is 11.5 Å². The number of oxazole rings is 1. The smallest absolute Gasteiger partial charge is 0.416 e. The number of aromatic nitrogens is 1. The number of methoxy groups -OCH3 is 1. The predicted octanol–water partition coefficient (Wildman–Crippen LogP) is 6.21. The number of likely N-dealkylation sites (tertiary alicyclic amines) is 1. The van der Waals surface area contributed by atoms with Crippen molar-refractivity contribution in [1.82, 2.24) is 9.88 Å². The lowest BCUT2D eigenvalue weighted by atomic mass is 9.88. The molecule has 0 amide bonds. The highest BCUT2D eigenvalue weighted by Crippen LogP contribution is 2.32. The molecule has 2 aromatic carbocycles. The van der Waals surface area contributed by atoms with Gasteiger partial charge in [0.15, 0.2) is 0 Å². The lowest BCUT2D eigenvalue weighted by molar-refractivity contribution is -0.157. The Hall–Kier alpha value is -3.33. The average Bonchev–Trinajstić information content (AvgIpc) is 3.25. The standard InChI is InChI=1S/C28H31F3N2O4/c1-19-24(32-25(37-19)21-8-10-22(11-9-21)28(29,30)31)14-17-36-23-12-6-20(7-13-23)18-33-16-5-4-15-27(33,2)26(34)35-3/h6-13H,4-5,14-18H2,1-3H3. The lowest BCUT2D eigenvalue weighted by Gasteiger charge is -2.42. The van der Waals surface area contributed by atoms with Crippen molar-refractivity contribution in [2.24, 2.45) is 0 Å². The van der Waals surface area contributed by atoms with Crippen molar-refractivity contribution in [2.75, 3.05) is 20.3 Å². The third-order valence-electron chi connectivity index (χ3n) is 6.92. The Bertz CT molecular complexity index is 1210. The normalized spacial score (nSPS) is 18.5. The van der Waals surface area contributed by atoms with Crippen molar-refractivity contribution in [3.8, 4) is 17.2 Å². The van der Waals surface area contributed by atoms with Gasteiger partial charge in [-0.3, -0.25) is 9.69 Å². The van der Waals surface area contributed by atoms with Gasteiger partial charge in [-0.15, -0.1) is 0 Å². The SMILES string of the molecule is COC(=O)C1(C)CCCCN1Cc1ccc(OCCc2nc(-c3ccc(C(F)(F)F)cc3)oc2C)cc1. The number of carbonyl (C=O) groups excluding carboxylic acids is 1. The molecule has 6 nitrogen and oxygen atoms in total. The van der Waals surface area contributed by atoms with Gasteiger partial charge in [-0.25, -0.2) is 4.98 Å². The number of rotatable bonds is 8. The fourth-order valence-corrected chi connectivity index (χ4v) is 4.64. The second-order valence-corrected chi connectivity index (χ2v) is 9.48. The first-order chi connectivity index (χ1) is 17.6. The van der Waals surface area contributed by atoms with Crippen LogP contribution in [0.4, 0.5) is 13.2 Å². The van der Waals surface area contributed by atoms with Gasteiger partial charge in [-0.05, 0) is 81.6 Å². The van der Waals surface area contributed by atoms with Crippen molar-refractivity contribution in [1.29, 1.82) is 0 Å². The minimum absolute atomic E-state index is 0.197. The van der Waals surface area contributed by atoms with E-state index in [0.29, 0.717) is 42.3 Å². The summed E-state index contributed by atoms with van der Waals surface area (Å²) in [7, 11) is 1.43. The van der Waals surface area contributed by atoms with Crippen LogP contribution in [0.2, 0.25) is 0 Å². The van der Waals surface area contributed by atoms with E-state index in [1.165, 1.54) is 19.2 Å². The van der Waals surface area contributed by atoms with Crippen molar-refractivity contribution in [3.05, 3.63) is 71.1 Å². The molecule has 1 unspecified atom stereocenters. The van der Waals surface area contributed by atoms with E-state index >= 15 is 0 Å². The van der Waals surface area contributed by atoms with E-state index in [0.717, 1.165) is 43.5 Å². The van der Waals surface area contributed by atoms with Gasteiger partial charge in [-0.1, -0.05) is 12.1 Å². The third kappa shape index (κ3) is 6.15. The number of aryl methyl sites for hydroxylation is 1. The van der Waals surface area contributed by atoms with Crippen molar-refractivity contribution in [3.63, 3.8) is 0 Å². The minimum Gasteiger partial charge on any atom is -0.493 e. The number of alkyl halides is 3. The number of carbonyl (C=O) groups is 1. The fraction of sp³-hybridized carbons (Fsp3) is 0.429. The van der Waals surface area contributed by atoms with E-state index in [1.807, 2.05) is 31.2 Å². The highest BCUT2D eigenvalue weighted by Gasteiger charge is 2.42. The number of hydrogen-bond acceptors (Lipinski definition) is 6. The summed E-state index contributed by atoms with van der Waals surface area (Å²) in [6, 6.07) is 12.5. The van der Waals surface area contributed by atoms with Crippen LogP contribution in [0.1, 0.15) is 48.8 Å². The molecule has 4 rings (SSSR count). The average molecular weight is 517 g/mol. The number of esters is 1. The topological polar surface area (TPSA) is 64.8 Å². The molecule has 0 N–H and O–H groups in total. The van der Waals surface area contributed by atoms with Crippen molar-refractivity contribution in [2.45, 2.75) is 57.8 Å². The van der Waals surface area contributed by atoms with Gasteiger partial charge in [0.1, 0.15) is 17.0 Å². The van der Waals surface area contributed by atoms with E-state index in [9.17, 15) is 18.0 Å². The summed E-state index contributed by atoms with van der Waals surface area (Å²) < 4.78 is 55.0. The van der Waals surface area contributed by atoms with Gasteiger partial charge in [0.05, 0.1) is 25.0 Å². The summed E-state index contributed by atoms with van der Waals surface area (Å²) in [6.45, 7) is 5.58. The fourth-order valence-electron chi connectivity index (χ4n) is 4.64. The summed E-state index contributed by atoms with van der Waals surface area (Å²) in [5, 5.41) is 0. The molecular formula is C28H31F3N2O4. The Morgan fingerprint density at radius 1 is 1.11 bits per heavy atom. The molecule has 0 saturated carbocycles. The molecule has 0 spiro atoms. The molecular weight excluding hydrogens is 485 g/mol.